The number of amidine groups is 1. The first-order valence-electron chi connectivity index (χ1n) is 6.41. The Kier molecular flexibility index (Phi) is 9.24. The second-order valence-electron chi connectivity index (χ2n) is 4.09. The number of rotatable bonds is 10. The van der Waals surface area contributed by atoms with E-state index in [1.54, 1.807) is 0 Å². The molecule has 0 aliphatic carbocycles. The third kappa shape index (κ3) is 7.65. The smallest absolute Gasteiger partial charge is 0.0918 e. The van der Waals surface area contributed by atoms with E-state index in [1.165, 1.54) is 13.0 Å². The minimum absolute atomic E-state index is 0.294. The summed E-state index contributed by atoms with van der Waals surface area (Å²) < 4.78 is 0. The monoisotopic (exact) mass is 228 g/mol. The molecule has 0 saturated heterocycles. The second kappa shape index (κ2) is 9.60. The van der Waals surface area contributed by atoms with Crippen molar-refractivity contribution in [3.63, 3.8) is 0 Å². The zero-order valence-corrected chi connectivity index (χ0v) is 11.1. The van der Waals surface area contributed by atoms with Crippen LogP contribution in [0.5, 0.6) is 0 Å². The third-order valence-corrected chi connectivity index (χ3v) is 2.99. The fourth-order valence-corrected chi connectivity index (χ4v) is 1.76. The summed E-state index contributed by atoms with van der Waals surface area (Å²) in [6.07, 6.45) is 1.90. The molecular formula is C12H28N4. The van der Waals surface area contributed by atoms with Crippen LogP contribution in [-0.2, 0) is 0 Å². The standard InChI is InChI=1S/C12H28N4/c1-4-15(5-2)9-7-10-16(6-3)11-8-12(13)14/h4-11H2,1-3H3,(H3,13,14). The van der Waals surface area contributed by atoms with Gasteiger partial charge in [0.2, 0.25) is 0 Å². The number of hydrogen-bond donors (Lipinski definition) is 2. The summed E-state index contributed by atoms with van der Waals surface area (Å²) in [7, 11) is 0. The first kappa shape index (κ1) is 15.4. The van der Waals surface area contributed by atoms with Crippen LogP contribution in [0.15, 0.2) is 0 Å². The van der Waals surface area contributed by atoms with Crippen molar-refractivity contribution < 1.29 is 0 Å². The lowest BCUT2D eigenvalue weighted by Crippen LogP contribution is -2.32. The summed E-state index contributed by atoms with van der Waals surface area (Å²) in [5.41, 5.74) is 5.36. The van der Waals surface area contributed by atoms with Crippen LogP contribution < -0.4 is 5.73 Å². The van der Waals surface area contributed by atoms with E-state index < -0.39 is 0 Å². The van der Waals surface area contributed by atoms with Crippen LogP contribution in [0, 0.1) is 5.41 Å². The molecule has 96 valence electrons. The predicted octanol–water partition coefficient (Wildman–Crippen LogP) is 1.37. The number of nitrogens with one attached hydrogen (secondary N) is 1. The van der Waals surface area contributed by atoms with Gasteiger partial charge in [-0.3, -0.25) is 5.41 Å². The average Bonchev–Trinajstić information content (AvgIpc) is 2.28. The van der Waals surface area contributed by atoms with Crippen LogP contribution in [0.4, 0.5) is 0 Å². The van der Waals surface area contributed by atoms with Gasteiger partial charge < -0.3 is 15.5 Å². The van der Waals surface area contributed by atoms with Crippen LogP contribution in [-0.4, -0.2) is 54.9 Å². The van der Waals surface area contributed by atoms with E-state index in [0.29, 0.717) is 12.3 Å². The van der Waals surface area contributed by atoms with Gasteiger partial charge in [-0.1, -0.05) is 20.8 Å². The third-order valence-electron chi connectivity index (χ3n) is 2.99. The van der Waals surface area contributed by atoms with Crippen LogP contribution in [0.25, 0.3) is 0 Å². The van der Waals surface area contributed by atoms with Crippen molar-refractivity contribution in [2.75, 3.05) is 39.3 Å². The number of nitrogens with two attached hydrogens (primary N) is 1. The van der Waals surface area contributed by atoms with Crippen molar-refractivity contribution in [2.45, 2.75) is 33.6 Å². The lowest BCUT2D eigenvalue weighted by atomic mass is 10.3. The quantitative estimate of drug-likeness (QED) is 0.438. The van der Waals surface area contributed by atoms with Crippen molar-refractivity contribution in [1.82, 2.24) is 9.80 Å². The maximum absolute atomic E-state index is 7.21. The highest BCUT2D eigenvalue weighted by molar-refractivity contribution is 5.76. The lowest BCUT2D eigenvalue weighted by Gasteiger charge is -2.23. The van der Waals surface area contributed by atoms with Crippen LogP contribution >= 0.6 is 0 Å². The molecule has 0 radical (unpaired) electrons. The second-order valence-corrected chi connectivity index (χ2v) is 4.09. The fraction of sp³-hybridized carbons (Fsp3) is 0.917. The maximum atomic E-state index is 7.21. The van der Waals surface area contributed by atoms with Crippen molar-refractivity contribution >= 4 is 5.84 Å². The molecule has 0 spiro atoms. The molecule has 0 aliphatic rings. The molecule has 0 amide bonds. The Bertz CT molecular complexity index is 178. The fourth-order valence-electron chi connectivity index (χ4n) is 1.76. The number of hydrogen-bond acceptors (Lipinski definition) is 3. The minimum atomic E-state index is 0.294. The van der Waals surface area contributed by atoms with Crippen LogP contribution in [0.3, 0.4) is 0 Å². The van der Waals surface area contributed by atoms with Crippen molar-refractivity contribution in [3.8, 4) is 0 Å². The molecule has 16 heavy (non-hydrogen) atoms. The zero-order chi connectivity index (χ0) is 12.4. The highest BCUT2D eigenvalue weighted by Crippen LogP contribution is 1.96. The van der Waals surface area contributed by atoms with Gasteiger partial charge in [-0.15, -0.1) is 0 Å². The highest BCUT2D eigenvalue weighted by Gasteiger charge is 2.04. The van der Waals surface area contributed by atoms with Gasteiger partial charge in [-0.05, 0) is 39.1 Å². The molecule has 0 aromatic carbocycles. The molecule has 0 saturated carbocycles. The highest BCUT2D eigenvalue weighted by atomic mass is 15.1. The van der Waals surface area contributed by atoms with E-state index in [1.807, 2.05) is 0 Å². The van der Waals surface area contributed by atoms with Gasteiger partial charge in [0.1, 0.15) is 0 Å². The summed E-state index contributed by atoms with van der Waals surface area (Å²) in [6, 6.07) is 0. The Morgan fingerprint density at radius 2 is 1.44 bits per heavy atom. The number of nitrogens with zero attached hydrogens (tertiary/aromatic N) is 2. The minimum Gasteiger partial charge on any atom is -0.388 e. The van der Waals surface area contributed by atoms with Crippen molar-refractivity contribution in [1.29, 1.82) is 5.41 Å². The normalized spacial score (nSPS) is 11.3. The Hall–Kier alpha value is -0.610. The molecule has 0 fully saturated rings. The molecule has 0 rings (SSSR count). The molecule has 0 aromatic heterocycles. The lowest BCUT2D eigenvalue weighted by molar-refractivity contribution is 0.247. The molecule has 0 aliphatic heterocycles. The summed E-state index contributed by atoms with van der Waals surface area (Å²) in [4.78, 5) is 4.81. The van der Waals surface area contributed by atoms with Crippen LogP contribution in [0.2, 0.25) is 0 Å². The maximum Gasteiger partial charge on any atom is 0.0918 e. The van der Waals surface area contributed by atoms with Crippen LogP contribution in [0.1, 0.15) is 33.6 Å². The van der Waals surface area contributed by atoms with Gasteiger partial charge in [0.05, 0.1) is 5.84 Å². The first-order valence-corrected chi connectivity index (χ1v) is 6.41. The van der Waals surface area contributed by atoms with E-state index in [-0.39, 0.29) is 0 Å². The summed E-state index contributed by atoms with van der Waals surface area (Å²) >= 11 is 0. The first-order chi connectivity index (χ1) is 7.63. The Morgan fingerprint density at radius 3 is 1.88 bits per heavy atom. The molecule has 3 N–H and O–H groups in total. The Morgan fingerprint density at radius 1 is 0.938 bits per heavy atom. The summed E-state index contributed by atoms with van der Waals surface area (Å²) in [5, 5.41) is 7.21. The molecule has 0 atom stereocenters. The zero-order valence-electron chi connectivity index (χ0n) is 11.1. The molecule has 4 heteroatoms. The summed E-state index contributed by atoms with van der Waals surface area (Å²) in [5.74, 6) is 0.294. The van der Waals surface area contributed by atoms with E-state index in [0.717, 1.165) is 32.7 Å². The van der Waals surface area contributed by atoms with Gasteiger partial charge in [-0.25, -0.2) is 0 Å². The Balaban J connectivity index is 3.65. The average molecular weight is 228 g/mol. The Labute approximate surface area is 100 Å². The van der Waals surface area contributed by atoms with Gasteiger partial charge in [-0.2, -0.15) is 0 Å². The summed E-state index contributed by atoms with van der Waals surface area (Å²) in [6.45, 7) is 13.1. The van der Waals surface area contributed by atoms with E-state index in [2.05, 4.69) is 30.6 Å². The van der Waals surface area contributed by atoms with E-state index in [4.69, 9.17) is 11.1 Å². The van der Waals surface area contributed by atoms with Crippen molar-refractivity contribution in [3.05, 3.63) is 0 Å². The molecule has 0 bridgehead atoms. The van der Waals surface area contributed by atoms with E-state index >= 15 is 0 Å². The predicted molar refractivity (Wildman–Crippen MR) is 71.1 cm³/mol. The molecule has 4 nitrogen and oxygen atoms in total. The van der Waals surface area contributed by atoms with Gasteiger partial charge >= 0.3 is 0 Å². The van der Waals surface area contributed by atoms with Gasteiger partial charge in [0.15, 0.2) is 0 Å². The topological polar surface area (TPSA) is 56.4 Å². The molecular weight excluding hydrogens is 200 g/mol. The SMILES string of the molecule is CCN(CC)CCCN(CC)CCC(=N)N. The van der Waals surface area contributed by atoms with Crippen molar-refractivity contribution in [2.24, 2.45) is 5.73 Å². The molecule has 0 unspecified atom stereocenters. The van der Waals surface area contributed by atoms with Gasteiger partial charge in [0.25, 0.3) is 0 Å². The molecule has 0 heterocycles. The van der Waals surface area contributed by atoms with E-state index in [9.17, 15) is 0 Å². The largest absolute Gasteiger partial charge is 0.388 e. The van der Waals surface area contributed by atoms with Gasteiger partial charge in [0, 0.05) is 13.0 Å². The molecule has 0 aromatic rings.